The van der Waals surface area contributed by atoms with Crippen LogP contribution in [0.1, 0.15) is 25.5 Å². The van der Waals surface area contributed by atoms with Gasteiger partial charge in [-0.2, -0.15) is 15.5 Å². The second kappa shape index (κ2) is 6.97. The van der Waals surface area contributed by atoms with Crippen LogP contribution >= 0.6 is 0 Å². The lowest BCUT2D eigenvalue weighted by molar-refractivity contribution is 0.534. The van der Waals surface area contributed by atoms with Crippen LogP contribution in [0.4, 0.5) is 0 Å². The lowest BCUT2D eigenvalue weighted by Gasteiger charge is -2.04. The summed E-state index contributed by atoms with van der Waals surface area (Å²) < 4.78 is 3.64. The summed E-state index contributed by atoms with van der Waals surface area (Å²) >= 11 is 0. The van der Waals surface area contributed by atoms with Crippen molar-refractivity contribution in [1.82, 2.24) is 34.3 Å². The predicted octanol–water partition coefficient (Wildman–Crippen LogP) is 4.10. The van der Waals surface area contributed by atoms with E-state index in [0.717, 1.165) is 33.9 Å². The van der Waals surface area contributed by atoms with Gasteiger partial charge in [-0.3, -0.25) is 4.68 Å². The molecule has 5 rings (SSSR count). The molecule has 0 aliphatic heterocycles. The molecule has 1 N–H and O–H groups in total. The Labute approximate surface area is 172 Å². The zero-order valence-electron chi connectivity index (χ0n) is 16.5. The van der Waals surface area contributed by atoms with Crippen LogP contribution in [0, 0.1) is 11.3 Å². The minimum Gasteiger partial charge on any atom is -0.337 e. The van der Waals surface area contributed by atoms with Gasteiger partial charge in [-0.15, -0.1) is 0 Å². The first kappa shape index (κ1) is 17.8. The monoisotopic (exact) mass is 394 g/mol. The fourth-order valence-corrected chi connectivity index (χ4v) is 3.32. The molecule has 0 radical (unpaired) electrons. The first-order valence-electron chi connectivity index (χ1n) is 9.58. The van der Waals surface area contributed by atoms with Gasteiger partial charge in [0, 0.05) is 29.6 Å². The van der Waals surface area contributed by atoms with Gasteiger partial charge in [0.15, 0.2) is 5.65 Å². The molecule has 0 spiro atoms. The van der Waals surface area contributed by atoms with E-state index in [1.165, 1.54) is 6.33 Å². The number of benzene rings is 1. The van der Waals surface area contributed by atoms with E-state index in [9.17, 15) is 0 Å². The Hall–Kier alpha value is -4.25. The molecule has 146 valence electrons. The summed E-state index contributed by atoms with van der Waals surface area (Å²) in [7, 11) is 0. The molecule has 0 aliphatic rings. The van der Waals surface area contributed by atoms with E-state index in [2.05, 4.69) is 35.0 Å². The Morgan fingerprint density at radius 1 is 1.03 bits per heavy atom. The molecule has 4 aromatic heterocycles. The number of hydrogen-bond donors (Lipinski definition) is 1. The Balaban J connectivity index is 1.67. The van der Waals surface area contributed by atoms with Crippen LogP contribution in [-0.4, -0.2) is 34.3 Å². The molecule has 0 atom stereocenters. The van der Waals surface area contributed by atoms with E-state index in [1.807, 2.05) is 47.4 Å². The SMILES string of the molecule is CC(C)n1ccc(-c2nc(-c3ccc(C#N)cc3)[nH]c2-c2ccc3ncnn3c2)n1. The van der Waals surface area contributed by atoms with E-state index in [4.69, 9.17) is 15.3 Å². The van der Waals surface area contributed by atoms with Crippen molar-refractivity contribution in [2.24, 2.45) is 0 Å². The number of fused-ring (bicyclic) bond motifs is 1. The Bertz CT molecular complexity index is 1380. The number of rotatable bonds is 4. The van der Waals surface area contributed by atoms with Crippen LogP contribution in [0.2, 0.25) is 0 Å². The van der Waals surface area contributed by atoms with Crippen LogP contribution < -0.4 is 0 Å². The molecule has 0 unspecified atom stereocenters. The maximum Gasteiger partial charge on any atom is 0.155 e. The average molecular weight is 394 g/mol. The molecule has 0 amide bonds. The first-order valence-corrected chi connectivity index (χ1v) is 9.58. The van der Waals surface area contributed by atoms with Gasteiger partial charge in [-0.05, 0) is 56.3 Å². The smallest absolute Gasteiger partial charge is 0.155 e. The largest absolute Gasteiger partial charge is 0.337 e. The Morgan fingerprint density at radius 3 is 2.57 bits per heavy atom. The van der Waals surface area contributed by atoms with E-state index in [1.54, 1.807) is 16.6 Å². The second-order valence-corrected chi connectivity index (χ2v) is 7.25. The van der Waals surface area contributed by atoms with Crippen molar-refractivity contribution in [1.29, 1.82) is 5.26 Å². The van der Waals surface area contributed by atoms with Crippen molar-refractivity contribution in [2.45, 2.75) is 19.9 Å². The van der Waals surface area contributed by atoms with Crippen molar-refractivity contribution in [3.8, 4) is 40.1 Å². The van der Waals surface area contributed by atoms with Crippen molar-refractivity contribution in [3.05, 3.63) is 66.7 Å². The van der Waals surface area contributed by atoms with Crippen LogP contribution in [0.3, 0.4) is 0 Å². The number of imidazole rings is 1. The van der Waals surface area contributed by atoms with Crippen LogP contribution in [0.25, 0.3) is 39.7 Å². The Kier molecular flexibility index (Phi) is 4.14. The van der Waals surface area contributed by atoms with Crippen molar-refractivity contribution >= 4 is 5.65 Å². The highest BCUT2D eigenvalue weighted by Gasteiger charge is 2.18. The fraction of sp³-hybridized carbons (Fsp3) is 0.136. The van der Waals surface area contributed by atoms with Gasteiger partial charge in [0.05, 0.1) is 17.3 Å². The normalized spacial score (nSPS) is 11.3. The maximum absolute atomic E-state index is 9.06. The van der Waals surface area contributed by atoms with Crippen LogP contribution in [0.15, 0.2) is 61.2 Å². The number of nitrogens with zero attached hydrogens (tertiary/aromatic N) is 7. The van der Waals surface area contributed by atoms with Gasteiger partial charge in [0.2, 0.25) is 0 Å². The summed E-state index contributed by atoms with van der Waals surface area (Å²) in [5.74, 6) is 0.710. The van der Waals surface area contributed by atoms with Gasteiger partial charge in [-0.25, -0.2) is 14.5 Å². The zero-order chi connectivity index (χ0) is 20.7. The number of aromatic nitrogens is 7. The molecule has 8 nitrogen and oxygen atoms in total. The second-order valence-electron chi connectivity index (χ2n) is 7.25. The highest BCUT2D eigenvalue weighted by molar-refractivity contribution is 5.79. The molecule has 1 aromatic carbocycles. The van der Waals surface area contributed by atoms with Gasteiger partial charge >= 0.3 is 0 Å². The van der Waals surface area contributed by atoms with Crippen LogP contribution in [0.5, 0.6) is 0 Å². The highest BCUT2D eigenvalue weighted by atomic mass is 15.3. The number of nitriles is 1. The third-order valence-electron chi connectivity index (χ3n) is 4.93. The fourth-order valence-electron chi connectivity index (χ4n) is 3.32. The zero-order valence-corrected chi connectivity index (χ0v) is 16.5. The van der Waals surface area contributed by atoms with Crippen LogP contribution in [-0.2, 0) is 0 Å². The van der Waals surface area contributed by atoms with E-state index in [-0.39, 0.29) is 6.04 Å². The first-order chi connectivity index (χ1) is 14.6. The van der Waals surface area contributed by atoms with Gasteiger partial charge in [0.1, 0.15) is 23.5 Å². The average Bonchev–Trinajstić information content (AvgIpc) is 3.51. The number of aromatic amines is 1. The topological polar surface area (TPSA) is 100 Å². The minimum absolute atomic E-state index is 0.255. The molecular formula is C22H18N8. The highest BCUT2D eigenvalue weighted by Crippen LogP contribution is 2.32. The third-order valence-corrected chi connectivity index (χ3v) is 4.93. The number of pyridine rings is 1. The molecule has 8 heteroatoms. The van der Waals surface area contributed by atoms with E-state index < -0.39 is 0 Å². The standard InChI is InChI=1S/C22H18N8/c1-14(2)29-10-9-18(28-29)21-20(17-7-8-19-24-13-25-30(19)12-17)26-22(27-21)16-5-3-15(11-23)4-6-16/h3-10,12-14H,1-2H3,(H,26,27). The lowest BCUT2D eigenvalue weighted by atomic mass is 10.1. The molecule has 5 aromatic rings. The quantitative estimate of drug-likeness (QED) is 0.494. The minimum atomic E-state index is 0.255. The van der Waals surface area contributed by atoms with Gasteiger partial charge < -0.3 is 4.98 Å². The molecule has 0 saturated carbocycles. The van der Waals surface area contributed by atoms with Crippen molar-refractivity contribution < 1.29 is 0 Å². The number of hydrogen-bond acceptors (Lipinski definition) is 5. The predicted molar refractivity (Wildman–Crippen MR) is 112 cm³/mol. The summed E-state index contributed by atoms with van der Waals surface area (Å²) in [6.45, 7) is 4.17. The van der Waals surface area contributed by atoms with Crippen molar-refractivity contribution in [2.75, 3.05) is 0 Å². The maximum atomic E-state index is 9.06. The summed E-state index contributed by atoms with van der Waals surface area (Å²) in [5.41, 5.74) is 5.60. The summed E-state index contributed by atoms with van der Waals surface area (Å²) in [6.07, 6.45) is 5.40. The summed E-state index contributed by atoms with van der Waals surface area (Å²) in [4.78, 5) is 12.5. The number of H-pyrrole nitrogens is 1. The molecule has 0 aliphatic carbocycles. The molecule has 0 fully saturated rings. The summed E-state index contributed by atoms with van der Waals surface area (Å²) in [5, 5.41) is 18.0. The van der Waals surface area contributed by atoms with E-state index >= 15 is 0 Å². The lowest BCUT2D eigenvalue weighted by Crippen LogP contribution is -2.01. The molecule has 0 saturated heterocycles. The number of nitrogens with one attached hydrogen (secondary N) is 1. The summed E-state index contributed by atoms with van der Waals surface area (Å²) in [6, 6.07) is 15.6. The van der Waals surface area contributed by atoms with E-state index in [0.29, 0.717) is 11.4 Å². The van der Waals surface area contributed by atoms with Crippen molar-refractivity contribution in [3.63, 3.8) is 0 Å². The van der Waals surface area contributed by atoms with Gasteiger partial charge in [-0.1, -0.05) is 0 Å². The third kappa shape index (κ3) is 3.02. The molecule has 0 bridgehead atoms. The Morgan fingerprint density at radius 2 is 1.83 bits per heavy atom. The molecule has 30 heavy (non-hydrogen) atoms. The molecule has 4 heterocycles. The molecular weight excluding hydrogens is 376 g/mol. The van der Waals surface area contributed by atoms with Gasteiger partial charge in [0.25, 0.3) is 0 Å².